The molecular weight excluding hydrogens is 816 g/mol. The second-order valence-electron chi connectivity index (χ2n) is 20.8. The highest BCUT2D eigenvalue weighted by molar-refractivity contribution is 6.73. The molecule has 1 N–H and O–H groups in total. The van der Waals surface area contributed by atoms with E-state index in [1.54, 1.807) is 0 Å². The van der Waals surface area contributed by atoms with E-state index in [2.05, 4.69) is 204 Å². The molecule has 0 atom stereocenters. The summed E-state index contributed by atoms with van der Waals surface area (Å²) >= 11 is 0. The van der Waals surface area contributed by atoms with Crippen LogP contribution in [0.25, 0.3) is 104 Å². The second-order valence-corrected chi connectivity index (χ2v) is 20.8. The standard InChI is InChI=1S/C62H48BN2O2/c1-34-15-19-39(20-16-34)64-51-33-57-44(45-31-48-49(32-56(45)67-57)62(5,6)24-23-61(48,3)4)30-43(51)46-29-42(38-18-21-41-40-13-9-10-14-54(40)66-55(41)28-38)58-47-26-36-11-7-8-12-37(36)27-53(47)65-52-22-17-35(2)25-50(52)63-59(46)60(58)65/h7-22,25-33,64H,23-24H2,1-6H3. The average molecular weight is 864 g/mol. The molecule has 0 saturated carbocycles. The summed E-state index contributed by atoms with van der Waals surface area (Å²) in [5.41, 5.74) is 21.6. The first kappa shape index (κ1) is 38.7. The second kappa shape index (κ2) is 13.5. The number of rotatable bonds is 4. The lowest BCUT2D eigenvalue weighted by atomic mass is 9.58. The molecule has 0 spiro atoms. The molecule has 4 nitrogen and oxygen atoms in total. The third kappa shape index (κ3) is 5.67. The van der Waals surface area contributed by atoms with E-state index in [1.807, 2.05) is 6.07 Å². The van der Waals surface area contributed by atoms with E-state index >= 15 is 0 Å². The molecule has 0 amide bonds. The summed E-state index contributed by atoms with van der Waals surface area (Å²) in [6.45, 7) is 13.9. The zero-order valence-corrected chi connectivity index (χ0v) is 38.7. The monoisotopic (exact) mass is 863 g/mol. The minimum Gasteiger partial charge on any atom is -0.456 e. The smallest absolute Gasteiger partial charge is 0.197 e. The topological polar surface area (TPSA) is 43.2 Å². The first-order valence-electron chi connectivity index (χ1n) is 23.8. The van der Waals surface area contributed by atoms with E-state index in [-0.39, 0.29) is 10.8 Å². The summed E-state index contributed by atoms with van der Waals surface area (Å²) in [6.07, 6.45) is 2.30. The Morgan fingerprint density at radius 3 is 2.01 bits per heavy atom. The van der Waals surface area contributed by atoms with Gasteiger partial charge in [-0.2, -0.15) is 0 Å². The van der Waals surface area contributed by atoms with Gasteiger partial charge in [0, 0.05) is 60.8 Å². The molecule has 3 aromatic heterocycles. The number of aromatic nitrogens is 1. The molecular formula is C62H48BN2O2. The van der Waals surface area contributed by atoms with Crippen molar-refractivity contribution in [1.82, 2.24) is 4.57 Å². The maximum absolute atomic E-state index is 6.96. The molecule has 67 heavy (non-hydrogen) atoms. The molecule has 321 valence electrons. The summed E-state index contributed by atoms with van der Waals surface area (Å²) in [7, 11) is 2.44. The van der Waals surface area contributed by atoms with Gasteiger partial charge in [0.1, 0.15) is 22.3 Å². The fourth-order valence-corrected chi connectivity index (χ4v) is 11.8. The molecule has 14 rings (SSSR count). The molecule has 0 bridgehead atoms. The molecule has 9 aromatic carbocycles. The van der Waals surface area contributed by atoms with Gasteiger partial charge in [-0.15, -0.1) is 0 Å². The number of benzene rings is 9. The minimum atomic E-state index is 0.0577. The van der Waals surface area contributed by atoms with Crippen molar-refractivity contribution in [2.45, 2.75) is 65.2 Å². The van der Waals surface area contributed by atoms with Crippen molar-refractivity contribution in [3.63, 3.8) is 0 Å². The molecule has 12 aromatic rings. The van der Waals surface area contributed by atoms with Crippen LogP contribution in [0.2, 0.25) is 0 Å². The van der Waals surface area contributed by atoms with Gasteiger partial charge in [0.25, 0.3) is 0 Å². The van der Waals surface area contributed by atoms with Gasteiger partial charge in [-0.1, -0.05) is 117 Å². The van der Waals surface area contributed by atoms with E-state index in [0.29, 0.717) is 0 Å². The van der Waals surface area contributed by atoms with Crippen LogP contribution >= 0.6 is 0 Å². The Balaban J connectivity index is 1.13. The van der Waals surface area contributed by atoms with Crippen molar-refractivity contribution >= 4 is 106 Å². The van der Waals surface area contributed by atoms with Crippen molar-refractivity contribution in [3.05, 3.63) is 174 Å². The van der Waals surface area contributed by atoms with Gasteiger partial charge in [0.2, 0.25) is 0 Å². The summed E-state index contributed by atoms with van der Waals surface area (Å²) in [5.74, 6) is 0. The molecule has 2 aliphatic rings. The fraction of sp³-hybridized carbons (Fsp3) is 0.161. The maximum Gasteiger partial charge on any atom is 0.197 e. The third-order valence-electron chi connectivity index (χ3n) is 15.6. The Labute approximate surface area is 390 Å². The number of furan rings is 2. The van der Waals surface area contributed by atoms with Crippen LogP contribution in [-0.4, -0.2) is 11.8 Å². The van der Waals surface area contributed by atoms with Crippen LogP contribution in [0.5, 0.6) is 0 Å². The minimum absolute atomic E-state index is 0.0577. The Kier molecular flexibility index (Phi) is 7.83. The van der Waals surface area contributed by atoms with Crippen LogP contribution in [0.4, 0.5) is 11.4 Å². The lowest BCUT2D eigenvalue weighted by molar-refractivity contribution is 0.332. The molecule has 0 unspecified atom stereocenters. The zero-order valence-electron chi connectivity index (χ0n) is 38.7. The number of aryl methyl sites for hydroxylation is 2. The Morgan fingerprint density at radius 2 is 1.19 bits per heavy atom. The number of fused-ring (bicyclic) bond motifs is 13. The average Bonchev–Trinajstić information content (AvgIpc) is 3.99. The number of hydrogen-bond acceptors (Lipinski definition) is 3. The van der Waals surface area contributed by atoms with Gasteiger partial charge in [-0.05, 0) is 154 Å². The van der Waals surface area contributed by atoms with E-state index in [4.69, 9.17) is 8.83 Å². The van der Waals surface area contributed by atoms with Gasteiger partial charge in [-0.3, -0.25) is 0 Å². The van der Waals surface area contributed by atoms with Crippen molar-refractivity contribution in [3.8, 4) is 27.9 Å². The Hall–Kier alpha value is -7.50. The number of nitrogens with zero attached hydrogens (tertiary/aromatic N) is 1. The molecule has 5 heteroatoms. The largest absolute Gasteiger partial charge is 0.456 e. The highest BCUT2D eigenvalue weighted by Crippen LogP contribution is 2.50. The fourth-order valence-electron chi connectivity index (χ4n) is 11.8. The molecule has 1 aliphatic heterocycles. The quantitative estimate of drug-likeness (QED) is 0.179. The van der Waals surface area contributed by atoms with E-state index in [1.165, 1.54) is 76.8 Å². The summed E-state index contributed by atoms with van der Waals surface area (Å²) < 4.78 is 16.1. The Morgan fingerprint density at radius 1 is 0.522 bits per heavy atom. The van der Waals surface area contributed by atoms with Crippen LogP contribution in [-0.2, 0) is 10.8 Å². The molecule has 4 heterocycles. The number of para-hydroxylation sites is 1. The van der Waals surface area contributed by atoms with E-state index < -0.39 is 0 Å². The summed E-state index contributed by atoms with van der Waals surface area (Å²) in [6, 6.07) is 56.3. The number of nitrogens with one attached hydrogen (secondary N) is 1. The van der Waals surface area contributed by atoms with Gasteiger partial charge in [-0.25, -0.2) is 0 Å². The summed E-state index contributed by atoms with van der Waals surface area (Å²) in [5, 5.41) is 13.4. The lowest BCUT2D eigenvalue weighted by Gasteiger charge is -2.41. The lowest BCUT2D eigenvalue weighted by Crippen LogP contribution is -2.37. The highest BCUT2D eigenvalue weighted by Gasteiger charge is 2.38. The van der Waals surface area contributed by atoms with Gasteiger partial charge in [0.15, 0.2) is 7.28 Å². The van der Waals surface area contributed by atoms with Gasteiger partial charge < -0.3 is 18.7 Å². The molecule has 1 radical (unpaired) electrons. The van der Waals surface area contributed by atoms with Gasteiger partial charge >= 0.3 is 0 Å². The van der Waals surface area contributed by atoms with Crippen LogP contribution < -0.4 is 16.2 Å². The molecule has 0 fully saturated rings. The van der Waals surface area contributed by atoms with Gasteiger partial charge in [0.05, 0.1) is 11.2 Å². The summed E-state index contributed by atoms with van der Waals surface area (Å²) in [4.78, 5) is 0. The Bertz CT molecular complexity index is 4120. The van der Waals surface area contributed by atoms with Crippen LogP contribution in [0.15, 0.2) is 160 Å². The molecule has 1 aliphatic carbocycles. The van der Waals surface area contributed by atoms with Crippen molar-refractivity contribution < 1.29 is 8.83 Å². The first-order valence-corrected chi connectivity index (χ1v) is 23.8. The van der Waals surface area contributed by atoms with Crippen molar-refractivity contribution in [2.24, 2.45) is 0 Å². The predicted molar refractivity (Wildman–Crippen MR) is 283 cm³/mol. The third-order valence-corrected chi connectivity index (χ3v) is 15.6. The zero-order chi connectivity index (χ0) is 45.1. The van der Waals surface area contributed by atoms with Crippen molar-refractivity contribution in [1.29, 1.82) is 0 Å². The van der Waals surface area contributed by atoms with E-state index in [0.717, 1.165) is 85.0 Å². The van der Waals surface area contributed by atoms with Crippen LogP contribution in [0.1, 0.15) is 62.8 Å². The number of hydrogen-bond donors (Lipinski definition) is 1. The maximum atomic E-state index is 6.96. The first-order chi connectivity index (χ1) is 32.5. The highest BCUT2D eigenvalue weighted by atomic mass is 16.3. The predicted octanol–water partition coefficient (Wildman–Crippen LogP) is 15.7. The molecule has 0 saturated heterocycles. The normalized spacial score (nSPS) is 15.0. The van der Waals surface area contributed by atoms with E-state index in [9.17, 15) is 0 Å². The SMILES string of the molecule is Cc1ccc(Nc2cc3oc4cc5c(cc4c3cc2-c2cc(-c3ccc4c(c3)oc3ccccc34)c3c4cc6ccccc6cc4n4c3c2[B]c2cc(C)ccc2-4)C(C)(C)CCC5(C)C)cc1. The van der Waals surface area contributed by atoms with Crippen LogP contribution in [0, 0.1) is 13.8 Å². The number of anilines is 2. The van der Waals surface area contributed by atoms with Crippen LogP contribution in [0.3, 0.4) is 0 Å². The van der Waals surface area contributed by atoms with Crippen molar-refractivity contribution in [2.75, 3.05) is 5.32 Å².